The number of allylic oxidation sites excluding steroid dienone is 2. The average molecular weight is 308 g/mol. The number of rotatable bonds is 2. The maximum atomic E-state index is 12.6. The highest BCUT2D eigenvalue weighted by Crippen LogP contribution is 2.38. The van der Waals surface area contributed by atoms with Crippen LogP contribution in [0.25, 0.3) is 16.5 Å². The fraction of sp³-hybridized carbons (Fsp3) is 0.158. The third-order valence-electron chi connectivity index (χ3n) is 4.47. The Morgan fingerprint density at radius 1 is 1.04 bits per heavy atom. The van der Waals surface area contributed by atoms with E-state index in [1.54, 1.807) is 19.1 Å². The van der Waals surface area contributed by atoms with Crippen LogP contribution in [0.2, 0.25) is 0 Å². The summed E-state index contributed by atoms with van der Waals surface area (Å²) >= 11 is 0. The molecule has 0 fully saturated rings. The number of hydrogen-bond donors (Lipinski definition) is 2. The minimum absolute atomic E-state index is 0.0593. The van der Waals surface area contributed by atoms with Gasteiger partial charge in [0.1, 0.15) is 11.5 Å². The van der Waals surface area contributed by atoms with Crippen molar-refractivity contribution in [3.05, 3.63) is 58.7 Å². The third-order valence-corrected chi connectivity index (χ3v) is 4.47. The van der Waals surface area contributed by atoms with Gasteiger partial charge in [-0.3, -0.25) is 9.59 Å². The van der Waals surface area contributed by atoms with Gasteiger partial charge < -0.3 is 10.2 Å². The van der Waals surface area contributed by atoms with Gasteiger partial charge in [-0.25, -0.2) is 0 Å². The predicted octanol–water partition coefficient (Wildman–Crippen LogP) is 3.77. The summed E-state index contributed by atoms with van der Waals surface area (Å²) in [5.41, 5.74) is 2.09. The number of phenolic OH excluding ortho intramolecular Hbond substituents is 1. The molecule has 2 N–H and O–H groups in total. The Morgan fingerprint density at radius 2 is 1.74 bits per heavy atom. The number of ketones is 2. The summed E-state index contributed by atoms with van der Waals surface area (Å²) in [4.78, 5) is 24.8. The molecule has 4 heteroatoms. The fourth-order valence-corrected chi connectivity index (χ4v) is 3.03. The van der Waals surface area contributed by atoms with Crippen LogP contribution in [0.1, 0.15) is 33.5 Å². The minimum Gasteiger partial charge on any atom is -0.508 e. The molecule has 1 aliphatic rings. The van der Waals surface area contributed by atoms with Crippen molar-refractivity contribution in [1.29, 1.82) is 0 Å². The van der Waals surface area contributed by atoms with Gasteiger partial charge in [-0.1, -0.05) is 12.1 Å². The van der Waals surface area contributed by atoms with E-state index >= 15 is 0 Å². The van der Waals surface area contributed by atoms with Gasteiger partial charge in [-0.15, -0.1) is 6.58 Å². The van der Waals surface area contributed by atoms with Crippen LogP contribution in [0.5, 0.6) is 5.75 Å². The molecular weight excluding hydrogens is 292 g/mol. The van der Waals surface area contributed by atoms with E-state index in [-0.39, 0.29) is 29.1 Å². The standard InChI is InChI=1S/C19H16O4/c1-4-5-13-17(21)12-7-6-11-9(2)10(3)15(20)8-14(11)16(12)19(23)18(13)22/h4,6-8,20-21H,1,5H2,2-3H3. The molecule has 0 amide bonds. The summed E-state index contributed by atoms with van der Waals surface area (Å²) in [6.45, 7) is 7.18. The number of benzene rings is 2. The van der Waals surface area contributed by atoms with Gasteiger partial charge in [0.05, 0.1) is 0 Å². The summed E-state index contributed by atoms with van der Waals surface area (Å²) < 4.78 is 0. The van der Waals surface area contributed by atoms with Crippen LogP contribution in [0.4, 0.5) is 0 Å². The summed E-state index contributed by atoms with van der Waals surface area (Å²) in [7, 11) is 0. The van der Waals surface area contributed by atoms with Crippen molar-refractivity contribution in [2.75, 3.05) is 0 Å². The number of carbonyl (C=O) groups is 2. The first kappa shape index (κ1) is 15.0. The number of phenols is 1. The van der Waals surface area contributed by atoms with E-state index < -0.39 is 11.6 Å². The summed E-state index contributed by atoms with van der Waals surface area (Å²) in [5, 5.41) is 21.7. The first-order chi connectivity index (χ1) is 10.9. The number of carbonyl (C=O) groups excluding carboxylic acids is 2. The first-order valence-electron chi connectivity index (χ1n) is 7.26. The van der Waals surface area contributed by atoms with Gasteiger partial charge >= 0.3 is 0 Å². The lowest BCUT2D eigenvalue weighted by molar-refractivity contribution is -0.112. The van der Waals surface area contributed by atoms with Gasteiger partial charge in [-0.2, -0.15) is 0 Å². The predicted molar refractivity (Wildman–Crippen MR) is 88.8 cm³/mol. The van der Waals surface area contributed by atoms with Crippen molar-refractivity contribution < 1.29 is 19.8 Å². The molecule has 2 aromatic carbocycles. The quantitative estimate of drug-likeness (QED) is 0.654. The van der Waals surface area contributed by atoms with Crippen molar-refractivity contribution in [2.45, 2.75) is 20.3 Å². The lowest BCUT2D eigenvalue weighted by atomic mass is 9.83. The molecule has 0 radical (unpaired) electrons. The van der Waals surface area contributed by atoms with Crippen molar-refractivity contribution in [2.24, 2.45) is 0 Å². The lowest BCUT2D eigenvalue weighted by Crippen LogP contribution is -2.24. The molecule has 0 saturated heterocycles. The van der Waals surface area contributed by atoms with Gasteiger partial charge in [0.15, 0.2) is 0 Å². The Hall–Kier alpha value is -2.88. The van der Waals surface area contributed by atoms with Crippen LogP contribution in [0, 0.1) is 13.8 Å². The van der Waals surface area contributed by atoms with Crippen LogP contribution in [-0.4, -0.2) is 21.8 Å². The molecule has 2 aromatic rings. The number of aromatic hydroxyl groups is 1. The Morgan fingerprint density at radius 3 is 2.39 bits per heavy atom. The molecule has 0 atom stereocenters. The van der Waals surface area contributed by atoms with E-state index in [2.05, 4.69) is 6.58 Å². The Kier molecular flexibility index (Phi) is 3.33. The second-order valence-electron chi connectivity index (χ2n) is 5.71. The summed E-state index contributed by atoms with van der Waals surface area (Å²) in [6, 6.07) is 4.91. The molecule has 1 aliphatic carbocycles. The normalized spacial score (nSPS) is 14.3. The van der Waals surface area contributed by atoms with Crippen LogP contribution >= 0.6 is 0 Å². The maximum absolute atomic E-state index is 12.6. The van der Waals surface area contributed by atoms with Gasteiger partial charge in [-0.05, 0) is 54.3 Å². The highest BCUT2D eigenvalue weighted by Gasteiger charge is 2.33. The van der Waals surface area contributed by atoms with Gasteiger partial charge in [0, 0.05) is 16.7 Å². The SMILES string of the molecule is C=CCC1=C(O)c2ccc3c(C)c(C)c(O)cc3c2C(=O)C1=O. The zero-order valence-corrected chi connectivity index (χ0v) is 12.9. The first-order valence-corrected chi connectivity index (χ1v) is 7.26. The fourth-order valence-electron chi connectivity index (χ4n) is 3.03. The monoisotopic (exact) mass is 308 g/mol. The van der Waals surface area contributed by atoms with E-state index in [1.807, 2.05) is 6.92 Å². The van der Waals surface area contributed by atoms with Crippen LogP contribution in [0.15, 0.2) is 36.4 Å². The number of aliphatic hydroxyl groups is 1. The molecule has 0 bridgehead atoms. The maximum Gasteiger partial charge on any atom is 0.234 e. The third kappa shape index (κ3) is 1.99. The Labute approximate surface area is 133 Å². The molecular formula is C19H16O4. The zero-order valence-electron chi connectivity index (χ0n) is 12.9. The van der Waals surface area contributed by atoms with Crippen LogP contribution in [0.3, 0.4) is 0 Å². The molecule has 0 spiro atoms. The van der Waals surface area contributed by atoms with E-state index in [4.69, 9.17) is 0 Å². The molecule has 3 rings (SSSR count). The van der Waals surface area contributed by atoms with Crippen molar-refractivity contribution in [1.82, 2.24) is 0 Å². The average Bonchev–Trinajstić information content (AvgIpc) is 2.53. The van der Waals surface area contributed by atoms with Crippen molar-refractivity contribution >= 4 is 28.1 Å². The second-order valence-corrected chi connectivity index (χ2v) is 5.71. The van der Waals surface area contributed by atoms with E-state index in [9.17, 15) is 19.8 Å². The van der Waals surface area contributed by atoms with Crippen molar-refractivity contribution in [3.8, 4) is 5.75 Å². The number of Topliss-reactive ketones (excluding diaryl/α,β-unsaturated/α-hetero) is 2. The van der Waals surface area contributed by atoms with Crippen LogP contribution in [-0.2, 0) is 4.79 Å². The lowest BCUT2D eigenvalue weighted by Gasteiger charge is -2.20. The van der Waals surface area contributed by atoms with E-state index in [0.29, 0.717) is 10.9 Å². The molecule has 0 saturated carbocycles. The highest BCUT2D eigenvalue weighted by atomic mass is 16.3. The molecule has 0 unspecified atom stereocenters. The summed E-state index contributed by atoms with van der Waals surface area (Å²) in [6.07, 6.45) is 1.61. The highest BCUT2D eigenvalue weighted by molar-refractivity contribution is 6.54. The molecule has 0 aliphatic heterocycles. The number of aryl methyl sites for hydroxylation is 1. The van der Waals surface area contributed by atoms with Crippen LogP contribution < -0.4 is 0 Å². The molecule has 116 valence electrons. The molecule has 0 aromatic heterocycles. The summed E-state index contributed by atoms with van der Waals surface area (Å²) in [5.74, 6) is -1.52. The van der Waals surface area contributed by atoms with Gasteiger partial charge in [0.25, 0.3) is 0 Å². The van der Waals surface area contributed by atoms with E-state index in [0.717, 1.165) is 16.5 Å². The Bertz CT molecular complexity index is 932. The minimum atomic E-state index is -0.722. The molecule has 0 heterocycles. The topological polar surface area (TPSA) is 74.6 Å². The number of hydrogen-bond acceptors (Lipinski definition) is 4. The number of aliphatic hydroxyl groups excluding tert-OH is 1. The smallest absolute Gasteiger partial charge is 0.234 e. The largest absolute Gasteiger partial charge is 0.508 e. The number of fused-ring (bicyclic) bond motifs is 3. The van der Waals surface area contributed by atoms with E-state index in [1.165, 1.54) is 12.1 Å². The zero-order chi connectivity index (χ0) is 16.9. The molecule has 4 nitrogen and oxygen atoms in total. The molecule has 23 heavy (non-hydrogen) atoms. The van der Waals surface area contributed by atoms with Gasteiger partial charge in [0.2, 0.25) is 11.6 Å². The van der Waals surface area contributed by atoms with Crippen molar-refractivity contribution in [3.63, 3.8) is 0 Å². The second kappa shape index (κ2) is 5.09. The Balaban J connectivity index is 2.45.